The predicted octanol–water partition coefficient (Wildman–Crippen LogP) is 6.40. The van der Waals surface area contributed by atoms with Crippen LogP contribution >= 0.6 is 0 Å². The average molecular weight is 444 g/mol. The Labute approximate surface area is 192 Å². The molecule has 4 nitrogen and oxygen atoms in total. The molecule has 0 saturated heterocycles. The van der Waals surface area contributed by atoms with Gasteiger partial charge in [0.1, 0.15) is 17.1 Å². The summed E-state index contributed by atoms with van der Waals surface area (Å²) in [6.07, 6.45) is 3.96. The van der Waals surface area contributed by atoms with Crippen LogP contribution in [-0.4, -0.2) is 19.1 Å². The van der Waals surface area contributed by atoms with E-state index in [1.165, 1.54) is 12.1 Å². The van der Waals surface area contributed by atoms with Gasteiger partial charge >= 0.3 is 0 Å². The summed E-state index contributed by atoms with van der Waals surface area (Å²) >= 11 is 0. The number of rotatable bonds is 8. The van der Waals surface area contributed by atoms with Gasteiger partial charge in [0, 0.05) is 35.2 Å². The molecule has 0 bridgehead atoms. The summed E-state index contributed by atoms with van der Waals surface area (Å²) in [6, 6.07) is 20.2. The molecule has 1 aromatic heterocycles. The van der Waals surface area contributed by atoms with E-state index in [-0.39, 0.29) is 11.7 Å². The van der Waals surface area contributed by atoms with E-state index in [1.807, 2.05) is 56.3 Å². The molecule has 1 heterocycles. The Morgan fingerprint density at radius 3 is 2.58 bits per heavy atom. The quantitative estimate of drug-likeness (QED) is 0.321. The molecule has 33 heavy (non-hydrogen) atoms. The maximum absolute atomic E-state index is 13.0. The van der Waals surface area contributed by atoms with Crippen molar-refractivity contribution < 1.29 is 18.3 Å². The van der Waals surface area contributed by atoms with Gasteiger partial charge in [-0.3, -0.25) is 4.79 Å². The molecule has 0 unspecified atom stereocenters. The summed E-state index contributed by atoms with van der Waals surface area (Å²) in [5.74, 6) is 0.218. The summed E-state index contributed by atoms with van der Waals surface area (Å²) < 4.78 is 24.7. The highest BCUT2D eigenvalue weighted by molar-refractivity contribution is 6.00. The number of carbonyl (C=O) groups is 1. The summed E-state index contributed by atoms with van der Waals surface area (Å²) in [5, 5.41) is 3.86. The third-order valence-corrected chi connectivity index (χ3v) is 5.46. The van der Waals surface area contributed by atoms with Crippen LogP contribution in [0.4, 0.5) is 4.39 Å². The standard InChI is InChI=1S/C28H26FNO3/c1-3-32-26-17-27-24(25(18-33-27)21-7-5-4-6-8-21)16-23(26)19(2)15-28(31)30-14-13-20-9-11-22(29)12-10-20/h4-12,15-18H,3,13-14H2,1-2H3,(H,30,31)/b19-15+. The Balaban J connectivity index is 1.56. The van der Waals surface area contributed by atoms with Crippen molar-refractivity contribution in [2.75, 3.05) is 13.2 Å². The number of amides is 1. The van der Waals surface area contributed by atoms with E-state index in [9.17, 15) is 9.18 Å². The lowest BCUT2D eigenvalue weighted by Gasteiger charge is -2.12. The number of ether oxygens (including phenoxy) is 1. The molecule has 0 aliphatic carbocycles. The zero-order valence-corrected chi connectivity index (χ0v) is 18.7. The molecule has 1 N–H and O–H groups in total. The molecule has 0 radical (unpaired) electrons. The normalized spacial score (nSPS) is 11.5. The second-order valence-corrected chi connectivity index (χ2v) is 7.79. The Bertz CT molecular complexity index is 1270. The second-order valence-electron chi connectivity index (χ2n) is 7.79. The van der Waals surface area contributed by atoms with Crippen molar-refractivity contribution in [1.82, 2.24) is 5.32 Å². The number of furan rings is 1. The third kappa shape index (κ3) is 5.32. The van der Waals surface area contributed by atoms with Gasteiger partial charge in [-0.25, -0.2) is 4.39 Å². The van der Waals surface area contributed by atoms with E-state index in [2.05, 4.69) is 5.32 Å². The topological polar surface area (TPSA) is 51.5 Å². The van der Waals surface area contributed by atoms with Crippen LogP contribution in [-0.2, 0) is 11.2 Å². The molecule has 5 heteroatoms. The van der Waals surface area contributed by atoms with Crippen molar-refractivity contribution in [3.63, 3.8) is 0 Å². The third-order valence-electron chi connectivity index (χ3n) is 5.46. The summed E-state index contributed by atoms with van der Waals surface area (Å²) in [6.45, 7) is 4.78. The zero-order chi connectivity index (χ0) is 23.2. The second kappa shape index (κ2) is 10.2. The maximum Gasteiger partial charge on any atom is 0.244 e. The van der Waals surface area contributed by atoms with Crippen molar-refractivity contribution in [2.45, 2.75) is 20.3 Å². The molecule has 0 atom stereocenters. The monoisotopic (exact) mass is 443 g/mol. The largest absolute Gasteiger partial charge is 0.493 e. The van der Waals surface area contributed by atoms with Gasteiger partial charge in [-0.1, -0.05) is 42.5 Å². The van der Waals surface area contributed by atoms with Gasteiger partial charge in [-0.2, -0.15) is 0 Å². The first-order chi connectivity index (χ1) is 16.0. The Morgan fingerprint density at radius 2 is 1.85 bits per heavy atom. The zero-order valence-electron chi connectivity index (χ0n) is 18.7. The van der Waals surface area contributed by atoms with E-state index in [1.54, 1.807) is 24.5 Å². The van der Waals surface area contributed by atoms with Gasteiger partial charge < -0.3 is 14.5 Å². The number of benzene rings is 3. The smallest absolute Gasteiger partial charge is 0.244 e. The highest BCUT2D eigenvalue weighted by Gasteiger charge is 2.15. The van der Waals surface area contributed by atoms with Gasteiger partial charge in [0.05, 0.1) is 12.9 Å². The molecule has 0 fully saturated rings. The van der Waals surface area contributed by atoms with Crippen molar-refractivity contribution in [3.8, 4) is 16.9 Å². The van der Waals surface area contributed by atoms with E-state index >= 15 is 0 Å². The number of allylic oxidation sites excluding steroid dienone is 1. The van der Waals surface area contributed by atoms with Crippen molar-refractivity contribution in [3.05, 3.63) is 96.0 Å². The van der Waals surface area contributed by atoms with Gasteiger partial charge in [0.25, 0.3) is 0 Å². The molecule has 0 aliphatic heterocycles. The molecule has 4 rings (SSSR count). The summed E-state index contributed by atoms with van der Waals surface area (Å²) in [4.78, 5) is 12.5. The van der Waals surface area contributed by atoms with Crippen LogP contribution in [0.3, 0.4) is 0 Å². The van der Waals surface area contributed by atoms with Crippen LogP contribution in [0.25, 0.3) is 27.7 Å². The van der Waals surface area contributed by atoms with Gasteiger partial charge in [0.15, 0.2) is 0 Å². The van der Waals surface area contributed by atoms with Crippen molar-refractivity contribution >= 4 is 22.4 Å². The minimum absolute atomic E-state index is 0.187. The molecule has 0 spiro atoms. The fourth-order valence-electron chi connectivity index (χ4n) is 3.79. The number of fused-ring (bicyclic) bond motifs is 1. The minimum Gasteiger partial charge on any atom is -0.493 e. The summed E-state index contributed by atoms with van der Waals surface area (Å²) in [7, 11) is 0. The van der Waals surface area contributed by atoms with Crippen molar-refractivity contribution in [2.24, 2.45) is 0 Å². The molecule has 1 amide bonds. The molecule has 168 valence electrons. The van der Waals surface area contributed by atoms with Gasteiger partial charge in [-0.15, -0.1) is 0 Å². The minimum atomic E-state index is -0.267. The molecular formula is C28H26FNO3. The SMILES string of the molecule is CCOc1cc2occ(-c3ccccc3)c2cc1/C(C)=C/C(=O)NCCc1ccc(F)cc1. The van der Waals surface area contributed by atoms with Crippen LogP contribution in [0.2, 0.25) is 0 Å². The van der Waals surface area contributed by atoms with Crippen LogP contribution in [0.15, 0.2) is 83.5 Å². The van der Waals surface area contributed by atoms with E-state index in [0.717, 1.165) is 38.8 Å². The lowest BCUT2D eigenvalue weighted by Crippen LogP contribution is -2.23. The molecule has 3 aromatic carbocycles. The van der Waals surface area contributed by atoms with Crippen LogP contribution in [0, 0.1) is 5.82 Å². The van der Waals surface area contributed by atoms with E-state index in [4.69, 9.17) is 9.15 Å². The van der Waals surface area contributed by atoms with Crippen LogP contribution in [0.5, 0.6) is 5.75 Å². The van der Waals surface area contributed by atoms with Crippen molar-refractivity contribution in [1.29, 1.82) is 0 Å². The van der Waals surface area contributed by atoms with E-state index < -0.39 is 0 Å². The van der Waals surface area contributed by atoms with Crippen LogP contribution < -0.4 is 10.1 Å². The number of carbonyl (C=O) groups excluding carboxylic acids is 1. The fourth-order valence-corrected chi connectivity index (χ4v) is 3.79. The first-order valence-electron chi connectivity index (χ1n) is 11.0. The average Bonchev–Trinajstić information content (AvgIpc) is 3.23. The van der Waals surface area contributed by atoms with Gasteiger partial charge in [0.2, 0.25) is 5.91 Å². The lowest BCUT2D eigenvalue weighted by atomic mass is 9.99. The lowest BCUT2D eigenvalue weighted by molar-refractivity contribution is -0.116. The molecule has 0 aliphatic rings. The maximum atomic E-state index is 13.0. The Hall–Kier alpha value is -3.86. The first kappa shape index (κ1) is 22.3. The Morgan fingerprint density at radius 1 is 1.09 bits per heavy atom. The fraction of sp³-hybridized carbons (Fsp3) is 0.179. The Kier molecular flexibility index (Phi) is 6.89. The summed E-state index contributed by atoms with van der Waals surface area (Å²) in [5.41, 5.74) is 5.39. The highest BCUT2D eigenvalue weighted by atomic mass is 19.1. The van der Waals surface area contributed by atoms with Crippen LogP contribution in [0.1, 0.15) is 25.0 Å². The number of hydrogen-bond donors (Lipinski definition) is 1. The molecule has 0 saturated carbocycles. The number of nitrogens with one attached hydrogen (secondary N) is 1. The molecule has 4 aromatic rings. The van der Waals surface area contributed by atoms with Gasteiger partial charge in [-0.05, 0) is 55.2 Å². The first-order valence-corrected chi connectivity index (χ1v) is 11.0. The van der Waals surface area contributed by atoms with E-state index in [0.29, 0.717) is 25.3 Å². The molecular weight excluding hydrogens is 417 g/mol. The highest BCUT2D eigenvalue weighted by Crippen LogP contribution is 2.37. The number of halogens is 1. The predicted molar refractivity (Wildman–Crippen MR) is 130 cm³/mol. The number of hydrogen-bond acceptors (Lipinski definition) is 3.